The fourth-order valence-electron chi connectivity index (χ4n) is 3.76. The van der Waals surface area contributed by atoms with Gasteiger partial charge in [0, 0.05) is 5.14 Å². The summed E-state index contributed by atoms with van der Waals surface area (Å²) in [5, 5.41) is 6.55. The van der Waals surface area contributed by atoms with Gasteiger partial charge in [-0.1, -0.05) is 129 Å². The molecule has 0 saturated carbocycles. The van der Waals surface area contributed by atoms with Crippen molar-refractivity contribution in [3.05, 3.63) is 121 Å². The van der Waals surface area contributed by atoms with E-state index in [1.807, 2.05) is 0 Å². The third-order valence-corrected chi connectivity index (χ3v) is 15.9. The van der Waals surface area contributed by atoms with Gasteiger partial charge in [0.2, 0.25) is 0 Å². The molecule has 0 heterocycles. The van der Waals surface area contributed by atoms with Crippen LogP contribution in [-0.2, 0) is 0 Å². The van der Waals surface area contributed by atoms with Gasteiger partial charge in [0.1, 0.15) is 0 Å². The van der Waals surface area contributed by atoms with Gasteiger partial charge in [-0.3, -0.25) is 0 Å². The summed E-state index contributed by atoms with van der Waals surface area (Å²) in [6.07, 6.45) is 0. The molecule has 0 saturated heterocycles. The van der Waals surface area contributed by atoms with E-state index in [0.29, 0.717) is 5.14 Å². The van der Waals surface area contributed by atoms with Crippen molar-refractivity contribution in [2.75, 3.05) is 13.3 Å². The van der Waals surface area contributed by atoms with Gasteiger partial charge in [-0.15, -0.1) is 0 Å². The smallest absolute Gasteiger partial charge is 0.0349 e. The second-order valence-corrected chi connectivity index (χ2v) is 15.6. The van der Waals surface area contributed by atoms with Crippen LogP contribution in [0.2, 0.25) is 0 Å². The van der Waals surface area contributed by atoms with Crippen LogP contribution in [0.5, 0.6) is 0 Å². The topological polar surface area (TPSA) is 0 Å². The highest BCUT2D eigenvalue weighted by Crippen LogP contribution is 2.67. The molecule has 0 N–H and O–H groups in total. The number of rotatable bonds is 7. The monoisotopic (exact) mass is 444 g/mol. The molecule has 0 aliphatic heterocycles. The third-order valence-electron chi connectivity index (χ3n) is 5.06. The van der Waals surface area contributed by atoms with Crippen molar-refractivity contribution in [1.29, 1.82) is 0 Å². The van der Waals surface area contributed by atoms with Crippen molar-refractivity contribution in [3.63, 3.8) is 0 Å². The van der Waals surface area contributed by atoms with Gasteiger partial charge < -0.3 is 0 Å². The quantitative estimate of drug-likeness (QED) is 0.295. The Kier molecular flexibility index (Phi) is 7.47. The van der Waals surface area contributed by atoms with Crippen molar-refractivity contribution in [3.8, 4) is 0 Å². The highest BCUT2D eigenvalue weighted by molar-refractivity contribution is 8.00. The Morgan fingerprint density at radius 1 is 0.400 bits per heavy atom. The standard InChI is InChI=1S/C27H27P3/c1-28(2)27(29(23-15-7-3-8-16-23)24-17-9-4-10-18-24)30(25-19-11-5-12-20-25)26-21-13-6-14-22-26/h3-22,27H,1-2H3. The minimum absolute atomic E-state index is 0.179. The van der Waals surface area contributed by atoms with Crippen molar-refractivity contribution < 1.29 is 0 Å². The molecule has 0 fully saturated rings. The molecule has 4 aromatic rings. The largest absolute Gasteiger partial charge is 0.0996 e. The second kappa shape index (κ2) is 10.5. The first kappa shape index (κ1) is 21.4. The molecule has 0 radical (unpaired) electrons. The molecule has 0 unspecified atom stereocenters. The van der Waals surface area contributed by atoms with E-state index in [1.165, 1.54) is 21.2 Å². The van der Waals surface area contributed by atoms with Crippen LogP contribution >= 0.6 is 23.8 Å². The lowest BCUT2D eigenvalue weighted by molar-refractivity contribution is 1.70. The lowest BCUT2D eigenvalue weighted by atomic mass is 10.4. The van der Waals surface area contributed by atoms with E-state index in [1.54, 1.807) is 0 Å². The van der Waals surface area contributed by atoms with Crippen LogP contribution in [0.4, 0.5) is 0 Å². The first-order chi connectivity index (χ1) is 14.8. The fourth-order valence-corrected chi connectivity index (χ4v) is 15.2. The van der Waals surface area contributed by atoms with E-state index in [2.05, 4.69) is 135 Å². The Morgan fingerprint density at radius 2 is 0.633 bits per heavy atom. The molecule has 0 nitrogen and oxygen atoms in total. The molecular formula is C27H27P3. The zero-order valence-corrected chi connectivity index (χ0v) is 20.1. The van der Waals surface area contributed by atoms with Gasteiger partial charge in [0.15, 0.2) is 0 Å². The Bertz CT molecular complexity index is 857. The molecular weight excluding hydrogens is 417 g/mol. The summed E-state index contributed by atoms with van der Waals surface area (Å²) in [7, 11) is -1.14. The third kappa shape index (κ3) is 4.90. The molecule has 150 valence electrons. The Hall–Kier alpha value is -1.83. The van der Waals surface area contributed by atoms with Gasteiger partial charge in [-0.2, -0.15) is 0 Å². The van der Waals surface area contributed by atoms with E-state index in [9.17, 15) is 0 Å². The summed E-state index contributed by atoms with van der Waals surface area (Å²) >= 11 is 0. The summed E-state index contributed by atoms with van der Waals surface area (Å²) in [5.74, 6) is 0. The molecule has 0 bridgehead atoms. The van der Waals surface area contributed by atoms with E-state index in [-0.39, 0.29) is 7.92 Å². The van der Waals surface area contributed by atoms with E-state index >= 15 is 0 Å². The van der Waals surface area contributed by atoms with Crippen LogP contribution in [0.15, 0.2) is 121 Å². The normalized spacial score (nSPS) is 11.5. The van der Waals surface area contributed by atoms with Gasteiger partial charge in [-0.25, -0.2) is 0 Å². The van der Waals surface area contributed by atoms with Crippen molar-refractivity contribution in [2.24, 2.45) is 0 Å². The fraction of sp³-hybridized carbons (Fsp3) is 0.111. The Morgan fingerprint density at radius 3 is 0.833 bits per heavy atom. The average molecular weight is 444 g/mol. The van der Waals surface area contributed by atoms with Gasteiger partial charge in [-0.05, 0) is 50.4 Å². The number of benzene rings is 4. The molecule has 0 amide bonds. The first-order valence-electron chi connectivity index (χ1n) is 10.2. The Labute approximate surface area is 184 Å². The van der Waals surface area contributed by atoms with Crippen LogP contribution in [0, 0.1) is 0 Å². The summed E-state index contributed by atoms with van der Waals surface area (Å²) in [5.41, 5.74) is 0. The molecule has 30 heavy (non-hydrogen) atoms. The zero-order chi connectivity index (χ0) is 20.8. The number of hydrogen-bond acceptors (Lipinski definition) is 0. The van der Waals surface area contributed by atoms with Crippen LogP contribution < -0.4 is 21.2 Å². The highest BCUT2D eigenvalue weighted by Gasteiger charge is 2.35. The van der Waals surface area contributed by atoms with Crippen molar-refractivity contribution in [1.82, 2.24) is 0 Å². The predicted molar refractivity (Wildman–Crippen MR) is 141 cm³/mol. The first-order valence-corrected chi connectivity index (χ1v) is 15.3. The summed E-state index contributed by atoms with van der Waals surface area (Å²) < 4.78 is 0. The van der Waals surface area contributed by atoms with Crippen LogP contribution in [-0.4, -0.2) is 18.5 Å². The maximum absolute atomic E-state index is 2.47. The molecule has 3 heteroatoms. The van der Waals surface area contributed by atoms with E-state index in [0.717, 1.165) is 0 Å². The molecule has 0 aromatic heterocycles. The van der Waals surface area contributed by atoms with Crippen LogP contribution in [0.25, 0.3) is 0 Å². The molecule has 0 aliphatic carbocycles. The van der Waals surface area contributed by atoms with Crippen LogP contribution in [0.3, 0.4) is 0 Å². The van der Waals surface area contributed by atoms with Crippen LogP contribution in [0.1, 0.15) is 0 Å². The van der Waals surface area contributed by atoms with E-state index < -0.39 is 15.8 Å². The zero-order valence-electron chi connectivity index (χ0n) is 17.5. The molecule has 4 rings (SSSR count). The molecule has 0 atom stereocenters. The summed E-state index contributed by atoms with van der Waals surface area (Å²) in [6, 6.07) is 44.9. The minimum atomic E-state index is -0.483. The predicted octanol–water partition coefficient (Wildman–Crippen LogP) is 6.28. The lowest BCUT2D eigenvalue weighted by Gasteiger charge is -2.38. The van der Waals surface area contributed by atoms with Gasteiger partial charge >= 0.3 is 0 Å². The summed E-state index contributed by atoms with van der Waals surface area (Å²) in [4.78, 5) is 0. The maximum Gasteiger partial charge on any atom is 0.0349 e. The number of hydrogen-bond donors (Lipinski definition) is 0. The van der Waals surface area contributed by atoms with Gasteiger partial charge in [0.25, 0.3) is 0 Å². The lowest BCUT2D eigenvalue weighted by Crippen LogP contribution is -2.26. The van der Waals surface area contributed by atoms with E-state index in [4.69, 9.17) is 0 Å². The minimum Gasteiger partial charge on any atom is -0.0996 e. The summed E-state index contributed by atoms with van der Waals surface area (Å²) in [6.45, 7) is 4.95. The average Bonchev–Trinajstić information content (AvgIpc) is 2.81. The van der Waals surface area contributed by atoms with Crippen molar-refractivity contribution >= 4 is 45.0 Å². The second-order valence-electron chi connectivity index (χ2n) is 7.39. The molecule has 4 aromatic carbocycles. The Balaban J connectivity index is 1.92. The van der Waals surface area contributed by atoms with Crippen molar-refractivity contribution in [2.45, 2.75) is 5.14 Å². The molecule has 0 aliphatic rings. The maximum atomic E-state index is 2.47. The highest BCUT2D eigenvalue weighted by atomic mass is 31.2. The SMILES string of the molecule is CP(C)C(P(c1ccccc1)c1ccccc1)P(c1ccccc1)c1ccccc1. The molecule has 0 spiro atoms. The van der Waals surface area contributed by atoms with Gasteiger partial charge in [0.05, 0.1) is 0 Å².